The van der Waals surface area contributed by atoms with Gasteiger partial charge in [0.2, 0.25) is 0 Å². The Hall–Kier alpha value is -2.23. The zero-order valence-corrected chi connectivity index (χ0v) is 12.3. The molecule has 23 heavy (non-hydrogen) atoms. The van der Waals surface area contributed by atoms with Crippen LogP contribution >= 0.6 is 0 Å². The van der Waals surface area contributed by atoms with Crippen molar-refractivity contribution < 1.29 is 35.7 Å². The lowest BCUT2D eigenvalue weighted by Gasteiger charge is -2.32. The Morgan fingerprint density at radius 3 is 2.39 bits per heavy atom. The zero-order chi connectivity index (χ0) is 17.3. The van der Waals surface area contributed by atoms with Crippen molar-refractivity contribution in [2.45, 2.75) is 18.0 Å². The summed E-state index contributed by atoms with van der Waals surface area (Å²) in [5.41, 5.74) is -5.06. The molecule has 0 bridgehead atoms. The number of alkyl halides is 3. The Kier molecular flexibility index (Phi) is 4.55. The Morgan fingerprint density at radius 1 is 1.26 bits per heavy atom. The van der Waals surface area contributed by atoms with Crippen LogP contribution in [0.5, 0.6) is 0 Å². The Balaban J connectivity index is 2.35. The smallest absolute Gasteiger partial charge is 0.465 e. The molecule has 1 atom stereocenters. The highest BCUT2D eigenvalue weighted by atomic mass is 32.2. The molecule has 1 aromatic rings. The molecule has 2 rings (SSSR count). The van der Waals surface area contributed by atoms with Crippen molar-refractivity contribution >= 4 is 16.2 Å². The predicted octanol–water partition coefficient (Wildman–Crippen LogP) is 2.86. The summed E-state index contributed by atoms with van der Waals surface area (Å²) >= 11 is 0. The lowest BCUT2D eigenvalue weighted by atomic mass is 10.0. The number of nitrogens with zero attached hydrogens (tertiary/aromatic N) is 1. The molecule has 1 amide bonds. The van der Waals surface area contributed by atoms with E-state index >= 15 is 0 Å². The van der Waals surface area contributed by atoms with E-state index in [1.165, 1.54) is 0 Å². The summed E-state index contributed by atoms with van der Waals surface area (Å²) in [6.45, 7) is -0.186. The van der Waals surface area contributed by atoms with E-state index in [1.807, 2.05) is 0 Å². The minimum atomic E-state index is -5.77. The van der Waals surface area contributed by atoms with Gasteiger partial charge in [-0.2, -0.15) is 21.6 Å². The summed E-state index contributed by atoms with van der Waals surface area (Å²) in [4.78, 5) is 12.2. The summed E-state index contributed by atoms with van der Waals surface area (Å²) < 4.78 is 63.3. The van der Waals surface area contributed by atoms with Crippen molar-refractivity contribution in [1.82, 2.24) is 4.90 Å². The molecule has 1 unspecified atom stereocenters. The topological polar surface area (TPSA) is 83.9 Å². The highest BCUT2D eigenvalue weighted by Crippen LogP contribution is 2.33. The van der Waals surface area contributed by atoms with Gasteiger partial charge in [-0.05, 0) is 11.6 Å². The molecule has 0 saturated carbocycles. The first kappa shape index (κ1) is 17.1. The van der Waals surface area contributed by atoms with Crippen LogP contribution in [0.2, 0.25) is 0 Å². The molecular formula is C13H12F3NO5S. The first-order valence-corrected chi connectivity index (χ1v) is 7.78. The molecule has 6 nitrogen and oxygen atoms in total. The van der Waals surface area contributed by atoms with Gasteiger partial charge in [-0.3, -0.25) is 4.90 Å². The summed E-state index contributed by atoms with van der Waals surface area (Å²) in [6, 6.07) is 7.18. The van der Waals surface area contributed by atoms with Crippen molar-refractivity contribution in [2.75, 3.05) is 6.54 Å². The van der Waals surface area contributed by atoms with Crippen LogP contribution in [0.3, 0.4) is 0 Å². The molecular weight excluding hydrogens is 339 g/mol. The molecule has 10 heteroatoms. The van der Waals surface area contributed by atoms with Gasteiger partial charge in [-0.25, -0.2) is 4.79 Å². The van der Waals surface area contributed by atoms with Crippen LogP contribution in [-0.4, -0.2) is 36.6 Å². The molecule has 0 aromatic heterocycles. The molecule has 0 fully saturated rings. The van der Waals surface area contributed by atoms with Crippen LogP contribution < -0.4 is 0 Å². The third-order valence-corrected chi connectivity index (χ3v) is 4.17. The zero-order valence-electron chi connectivity index (χ0n) is 11.5. The third-order valence-electron chi connectivity index (χ3n) is 3.17. The molecule has 1 heterocycles. The number of amides is 1. The van der Waals surface area contributed by atoms with Crippen LogP contribution in [0.25, 0.3) is 0 Å². The fourth-order valence-electron chi connectivity index (χ4n) is 2.12. The lowest BCUT2D eigenvalue weighted by Crippen LogP contribution is -2.37. The second kappa shape index (κ2) is 6.11. The second-order valence-corrected chi connectivity index (χ2v) is 6.24. The average molecular weight is 351 g/mol. The van der Waals surface area contributed by atoms with E-state index in [2.05, 4.69) is 4.18 Å². The quantitative estimate of drug-likeness (QED) is 0.669. The van der Waals surface area contributed by atoms with Gasteiger partial charge in [-0.15, -0.1) is 0 Å². The average Bonchev–Trinajstić information content (AvgIpc) is 2.46. The normalized spacial score (nSPS) is 19.2. The first-order chi connectivity index (χ1) is 10.6. The van der Waals surface area contributed by atoms with E-state index in [4.69, 9.17) is 0 Å². The van der Waals surface area contributed by atoms with Crippen LogP contribution in [-0.2, 0) is 14.3 Å². The van der Waals surface area contributed by atoms with E-state index in [0.717, 1.165) is 11.0 Å². The number of benzene rings is 1. The van der Waals surface area contributed by atoms with Crippen molar-refractivity contribution in [3.8, 4) is 0 Å². The summed E-state index contributed by atoms with van der Waals surface area (Å²) in [5, 5.41) is 9.18. The number of hydrogen-bond donors (Lipinski definition) is 1. The largest absolute Gasteiger partial charge is 0.534 e. The van der Waals surface area contributed by atoms with E-state index in [0.29, 0.717) is 5.56 Å². The fraction of sp³-hybridized carbons (Fsp3) is 0.308. The molecule has 1 aromatic carbocycles. The van der Waals surface area contributed by atoms with Crippen LogP contribution in [0.15, 0.2) is 42.2 Å². The van der Waals surface area contributed by atoms with Gasteiger partial charge < -0.3 is 9.29 Å². The molecule has 0 radical (unpaired) electrons. The van der Waals surface area contributed by atoms with Gasteiger partial charge in [0.25, 0.3) is 0 Å². The van der Waals surface area contributed by atoms with Crippen molar-refractivity contribution in [3.05, 3.63) is 47.7 Å². The van der Waals surface area contributed by atoms with Crippen LogP contribution in [0.4, 0.5) is 18.0 Å². The summed E-state index contributed by atoms with van der Waals surface area (Å²) in [5.74, 6) is -0.436. The molecule has 126 valence electrons. The molecule has 0 spiro atoms. The van der Waals surface area contributed by atoms with Gasteiger partial charge in [0, 0.05) is 13.0 Å². The lowest BCUT2D eigenvalue weighted by molar-refractivity contribution is -0.0525. The fourth-order valence-corrected chi connectivity index (χ4v) is 2.63. The highest BCUT2D eigenvalue weighted by molar-refractivity contribution is 7.87. The van der Waals surface area contributed by atoms with Gasteiger partial charge in [0.15, 0.2) is 0 Å². The molecule has 0 saturated heterocycles. The van der Waals surface area contributed by atoms with Crippen molar-refractivity contribution in [2.24, 2.45) is 0 Å². The maximum atomic E-state index is 12.4. The van der Waals surface area contributed by atoms with Gasteiger partial charge in [-0.1, -0.05) is 30.3 Å². The SMILES string of the molecule is O=C(O)N1CCC(OS(=O)(=O)C(F)(F)F)=CC1c1ccccc1. The maximum Gasteiger partial charge on any atom is 0.534 e. The number of halogens is 3. The number of carboxylic acid groups (broad SMARTS) is 1. The molecule has 1 aliphatic rings. The number of hydrogen-bond acceptors (Lipinski definition) is 4. The standard InChI is InChI=1S/C13H12F3NO5S/c14-13(15,16)23(20,21)22-10-6-7-17(12(18)19)11(8-10)9-4-2-1-3-5-9/h1-5,8,11H,6-7H2,(H,18,19). The van der Waals surface area contributed by atoms with Gasteiger partial charge >= 0.3 is 21.7 Å². The molecule has 1 N–H and O–H groups in total. The molecule has 0 aliphatic carbocycles. The minimum absolute atomic E-state index is 0.186. The predicted molar refractivity (Wildman–Crippen MR) is 72.7 cm³/mol. The first-order valence-electron chi connectivity index (χ1n) is 6.38. The van der Waals surface area contributed by atoms with E-state index in [9.17, 15) is 31.5 Å². The number of rotatable bonds is 3. The Labute approximate surface area is 129 Å². The number of carbonyl (C=O) groups is 1. The summed E-state index contributed by atoms with van der Waals surface area (Å²) in [6.07, 6.45) is -0.478. The maximum absolute atomic E-state index is 12.4. The van der Waals surface area contributed by atoms with E-state index in [-0.39, 0.29) is 13.0 Å². The molecule has 1 aliphatic heterocycles. The Morgan fingerprint density at radius 2 is 1.87 bits per heavy atom. The highest BCUT2D eigenvalue weighted by Gasteiger charge is 2.49. The second-order valence-electron chi connectivity index (χ2n) is 4.70. The Bertz CT molecular complexity index is 715. The van der Waals surface area contributed by atoms with E-state index < -0.39 is 33.5 Å². The van der Waals surface area contributed by atoms with Gasteiger partial charge in [0.1, 0.15) is 5.76 Å². The minimum Gasteiger partial charge on any atom is -0.465 e. The van der Waals surface area contributed by atoms with Crippen LogP contribution in [0, 0.1) is 0 Å². The van der Waals surface area contributed by atoms with Crippen molar-refractivity contribution in [3.63, 3.8) is 0 Å². The monoisotopic (exact) mass is 351 g/mol. The van der Waals surface area contributed by atoms with Crippen LogP contribution in [0.1, 0.15) is 18.0 Å². The van der Waals surface area contributed by atoms with Gasteiger partial charge in [0.05, 0.1) is 6.04 Å². The van der Waals surface area contributed by atoms with Crippen molar-refractivity contribution in [1.29, 1.82) is 0 Å². The summed E-state index contributed by atoms with van der Waals surface area (Å²) in [7, 11) is -5.77. The van der Waals surface area contributed by atoms with E-state index in [1.54, 1.807) is 30.3 Å². The third kappa shape index (κ3) is 3.76.